The van der Waals surface area contributed by atoms with Crippen LogP contribution in [-0.4, -0.2) is 22.7 Å². The molecule has 1 heterocycles. The first-order valence-corrected chi connectivity index (χ1v) is 13.8. The third kappa shape index (κ3) is 5.45. The molecule has 234 valence electrons. The molecule has 0 saturated carbocycles. The summed E-state index contributed by atoms with van der Waals surface area (Å²) in [6.45, 7) is 7.45. The Kier molecular flexibility index (Phi) is 6.95. The van der Waals surface area contributed by atoms with Crippen LogP contribution >= 0.6 is 0 Å². The van der Waals surface area contributed by atoms with Gasteiger partial charge in [-0.25, -0.2) is 9.97 Å². The lowest BCUT2D eigenvalue weighted by molar-refractivity contribution is -0.275. The van der Waals surface area contributed by atoms with Crippen molar-refractivity contribution >= 4 is 43.6 Å². The second kappa shape index (κ2) is 11.1. The van der Waals surface area contributed by atoms with Crippen molar-refractivity contribution in [2.75, 3.05) is 0 Å². The van der Waals surface area contributed by atoms with E-state index in [1.54, 1.807) is 42.6 Å². The molecule has 0 radical (unpaired) electrons. The molecule has 0 saturated heterocycles. The third-order valence-electron chi connectivity index (χ3n) is 7.56. The minimum absolute atomic E-state index is 0.242. The number of benzene rings is 4. The number of alkyl halides is 6. The van der Waals surface area contributed by atoms with Gasteiger partial charge in [-0.05, 0) is 58.7 Å². The molecule has 7 aromatic rings. The molecule has 0 bridgehead atoms. The van der Waals surface area contributed by atoms with E-state index < -0.39 is 12.7 Å². The predicted octanol–water partition coefficient (Wildman–Crippen LogP) is 8.21. The summed E-state index contributed by atoms with van der Waals surface area (Å²) in [4.78, 5) is 16.9. The van der Waals surface area contributed by atoms with Gasteiger partial charge in [-0.2, -0.15) is 16.8 Å². The average Bonchev–Trinajstić information content (AvgIpc) is 3.50. The molecule has 0 spiro atoms. The third-order valence-corrected chi connectivity index (χ3v) is 7.56. The van der Waals surface area contributed by atoms with Crippen molar-refractivity contribution in [3.05, 3.63) is 107 Å². The van der Waals surface area contributed by atoms with Crippen LogP contribution in [-0.2, 0) is 0 Å². The van der Waals surface area contributed by atoms with E-state index in [-0.39, 0.29) is 22.2 Å². The zero-order valence-corrected chi connectivity index (χ0v) is 23.9. The summed E-state index contributed by atoms with van der Waals surface area (Å²) < 4.78 is 83.6. The molecule has 0 aliphatic rings. The molecular weight excluding hydrogens is 638 g/mol. The minimum Gasteiger partial charge on any atom is -0.406 e. The summed E-state index contributed by atoms with van der Waals surface area (Å²) in [7, 11) is 0. The number of nitriles is 1. The molecule has 8 nitrogen and oxygen atoms in total. The lowest BCUT2D eigenvalue weighted by Gasteiger charge is -2.09. The highest BCUT2D eigenvalue weighted by Gasteiger charge is 2.31. The van der Waals surface area contributed by atoms with Crippen LogP contribution in [0.25, 0.3) is 70.8 Å². The minimum atomic E-state index is -4.82. The smallest absolute Gasteiger partial charge is 0.406 e. The fraction of sp³-hybridized carbons (Fsp3) is 0.0588. The van der Waals surface area contributed by atoms with Gasteiger partial charge in [0.15, 0.2) is 5.36 Å². The molecule has 7 rings (SSSR count). The zero-order chi connectivity index (χ0) is 33.8. The number of hydrogen-bond donors (Lipinski definition) is 0. The van der Waals surface area contributed by atoms with E-state index in [9.17, 15) is 31.6 Å². The Morgan fingerprint density at radius 1 is 0.583 bits per heavy atom. The second-order valence-corrected chi connectivity index (χ2v) is 10.4. The number of ether oxygens (including phenoxy) is 2. The van der Waals surface area contributed by atoms with Crippen molar-refractivity contribution in [2.24, 2.45) is 10.1 Å². The Balaban J connectivity index is 1.38. The van der Waals surface area contributed by atoms with Crippen LogP contribution in [0.1, 0.15) is 0 Å². The van der Waals surface area contributed by atoms with Gasteiger partial charge in [-0.15, -0.1) is 31.3 Å². The van der Waals surface area contributed by atoms with Gasteiger partial charge < -0.3 is 9.47 Å². The largest absolute Gasteiger partial charge is 0.573 e. The van der Waals surface area contributed by atoms with Crippen molar-refractivity contribution in [3.63, 3.8) is 0 Å². The van der Waals surface area contributed by atoms with Gasteiger partial charge in [0.2, 0.25) is 6.19 Å². The van der Waals surface area contributed by atoms with Gasteiger partial charge in [0.05, 0.1) is 16.1 Å². The molecule has 14 heteroatoms. The van der Waals surface area contributed by atoms with Gasteiger partial charge in [0.1, 0.15) is 27.9 Å². The summed E-state index contributed by atoms with van der Waals surface area (Å²) in [5, 5.41) is 16.3. The van der Waals surface area contributed by atoms with Gasteiger partial charge in [0, 0.05) is 21.5 Å². The number of nitrogens with zero attached hydrogens (tertiary/aromatic N) is 6. The number of rotatable bonds is 4. The predicted molar refractivity (Wildman–Crippen MR) is 162 cm³/mol. The molecule has 48 heavy (non-hydrogen) atoms. The van der Waals surface area contributed by atoms with Gasteiger partial charge in [0.25, 0.3) is 0 Å². The van der Waals surface area contributed by atoms with Crippen LogP contribution in [0, 0.1) is 18.0 Å². The summed E-state index contributed by atoms with van der Waals surface area (Å²) in [6, 6.07) is 21.1. The van der Waals surface area contributed by atoms with Crippen molar-refractivity contribution in [2.45, 2.75) is 12.7 Å². The average molecular weight is 653 g/mol. The van der Waals surface area contributed by atoms with Crippen LogP contribution in [0.5, 0.6) is 11.5 Å². The molecule has 1 aromatic heterocycles. The molecule has 0 fully saturated rings. The first-order chi connectivity index (χ1) is 22.9. The fourth-order valence-electron chi connectivity index (χ4n) is 5.66. The summed E-state index contributed by atoms with van der Waals surface area (Å²) in [5.41, 5.74) is 3.86. The number of hydrogen-bond acceptors (Lipinski definition) is 7. The number of halogens is 6. The Bertz CT molecular complexity index is 2420. The van der Waals surface area contributed by atoms with Crippen LogP contribution < -0.4 is 20.2 Å². The number of aromatic nitrogens is 2. The molecule has 0 aliphatic carbocycles. The fourth-order valence-corrected chi connectivity index (χ4v) is 5.66. The first kappa shape index (κ1) is 30.1. The maximum Gasteiger partial charge on any atom is 0.573 e. The molecule has 0 unspecified atom stereocenters. The van der Waals surface area contributed by atoms with Crippen molar-refractivity contribution in [3.8, 4) is 39.9 Å². The normalized spacial score (nSPS) is 13.0. The van der Waals surface area contributed by atoms with Crippen molar-refractivity contribution < 1.29 is 35.8 Å². The van der Waals surface area contributed by atoms with Gasteiger partial charge in [-0.3, -0.25) is 0 Å². The van der Waals surface area contributed by atoms with E-state index in [0.29, 0.717) is 65.9 Å². The maximum atomic E-state index is 12.6. The molecule has 6 aromatic carbocycles. The SMILES string of the molecule is [C-]#[N+]/N=c1\c2cc(-c3ccc(OC(F)(F)F)cc3)ccc2c2nc3/c(=N/C#N)c4cc(-c5ccc(OC(F)(F)F)cc5)ccc4c3nc12. The van der Waals surface area contributed by atoms with Crippen LogP contribution in [0.3, 0.4) is 0 Å². The zero-order valence-electron chi connectivity index (χ0n) is 23.9. The van der Waals surface area contributed by atoms with Gasteiger partial charge >= 0.3 is 12.7 Å². The summed E-state index contributed by atoms with van der Waals surface area (Å²) >= 11 is 0. The summed E-state index contributed by atoms with van der Waals surface area (Å²) in [6.07, 6.45) is -7.84. The Morgan fingerprint density at radius 3 is 1.42 bits per heavy atom. The molecule has 0 N–H and O–H groups in total. The quantitative estimate of drug-likeness (QED) is 0.0827. The molecular formula is C34H14F6N6O2. The lowest BCUT2D eigenvalue weighted by Crippen LogP contribution is -2.16. The standard InChI is InChI=1S/C34H14F6N6O2/c1-42-46-30-26-15-20(18-4-10-22(11-5-18)48-34(38,39)40)7-13-24(26)29-32(30)45-28-23-12-6-19(14-25(23)27(43-16-41)31(28)44-29)17-2-8-21(9-3-17)47-33(35,36)37/h2-15H/b43-27+,46-30+. The monoisotopic (exact) mass is 652 g/mol. The van der Waals surface area contributed by atoms with Crippen LogP contribution in [0.15, 0.2) is 95.0 Å². The second-order valence-electron chi connectivity index (χ2n) is 10.4. The Labute approximate surface area is 264 Å². The Morgan fingerprint density at radius 2 is 1.00 bits per heavy atom. The first-order valence-electron chi connectivity index (χ1n) is 13.8. The highest BCUT2D eigenvalue weighted by molar-refractivity contribution is 6.15. The topological polar surface area (TPSA) is 97.1 Å². The van der Waals surface area contributed by atoms with Gasteiger partial charge in [-0.1, -0.05) is 48.5 Å². The highest BCUT2D eigenvalue weighted by Crippen LogP contribution is 2.34. The Hall–Kier alpha value is -6.54. The molecule has 0 atom stereocenters. The van der Waals surface area contributed by atoms with Crippen LogP contribution in [0.4, 0.5) is 26.3 Å². The molecule has 0 amide bonds. The van der Waals surface area contributed by atoms with Crippen molar-refractivity contribution in [1.29, 1.82) is 5.26 Å². The van der Waals surface area contributed by atoms with E-state index in [0.717, 1.165) is 0 Å². The number of fused-ring (bicyclic) bond motifs is 6. The molecule has 0 aliphatic heterocycles. The highest BCUT2D eigenvalue weighted by atomic mass is 19.4. The van der Waals surface area contributed by atoms with E-state index in [1.165, 1.54) is 48.5 Å². The maximum absolute atomic E-state index is 12.6. The van der Waals surface area contributed by atoms with Crippen LogP contribution in [0.2, 0.25) is 0 Å². The van der Waals surface area contributed by atoms with Crippen molar-refractivity contribution in [1.82, 2.24) is 9.97 Å². The van der Waals surface area contributed by atoms with E-state index >= 15 is 0 Å². The van der Waals surface area contributed by atoms with E-state index in [2.05, 4.69) is 24.5 Å². The van der Waals surface area contributed by atoms with E-state index in [4.69, 9.17) is 16.5 Å². The lowest BCUT2D eigenvalue weighted by atomic mass is 10.0. The summed E-state index contributed by atoms with van der Waals surface area (Å²) in [5.74, 6) is -0.735. The van der Waals surface area contributed by atoms with E-state index in [1.807, 2.05) is 0 Å².